The minimum Gasteiger partial charge on any atom is -0.515 e. The molecular formula is C14H13ClO2. The summed E-state index contributed by atoms with van der Waals surface area (Å²) < 4.78 is 0. The monoisotopic (exact) mass is 248 g/mol. The van der Waals surface area contributed by atoms with Gasteiger partial charge in [0.05, 0.1) is 11.3 Å². The van der Waals surface area contributed by atoms with Crippen LogP contribution in [0.2, 0.25) is 0 Å². The van der Waals surface area contributed by atoms with Crippen molar-refractivity contribution in [1.82, 2.24) is 0 Å². The highest BCUT2D eigenvalue weighted by molar-refractivity contribution is 6.33. The van der Waals surface area contributed by atoms with Crippen LogP contribution < -0.4 is 0 Å². The summed E-state index contributed by atoms with van der Waals surface area (Å²) in [7, 11) is 0. The fraction of sp³-hybridized carbons (Fsp3) is 0.214. The quantitative estimate of drug-likeness (QED) is 0.640. The molecule has 17 heavy (non-hydrogen) atoms. The SMILES string of the molecule is O=CC1=C(Cl)C(=CO)CC(c2ccccc2)C1. The Morgan fingerprint density at radius 1 is 1.24 bits per heavy atom. The number of benzene rings is 1. The van der Waals surface area contributed by atoms with Crippen molar-refractivity contribution >= 4 is 17.9 Å². The number of carbonyl (C=O) groups excluding carboxylic acids is 1. The van der Waals surface area contributed by atoms with E-state index in [1.807, 2.05) is 30.3 Å². The van der Waals surface area contributed by atoms with Crippen LogP contribution in [0.25, 0.3) is 0 Å². The third kappa shape index (κ3) is 2.42. The standard InChI is InChI=1S/C14H13ClO2/c15-14-12(8-16)6-11(7-13(14)9-17)10-4-2-1-3-5-10/h1-5,8-9,11,16H,6-7H2. The molecule has 0 heterocycles. The molecule has 88 valence electrons. The number of hydrogen-bond donors (Lipinski definition) is 1. The maximum absolute atomic E-state index is 11.0. The first-order chi connectivity index (χ1) is 8.26. The summed E-state index contributed by atoms with van der Waals surface area (Å²) in [6.07, 6.45) is 3.07. The Morgan fingerprint density at radius 2 is 1.94 bits per heavy atom. The molecule has 0 fully saturated rings. The highest BCUT2D eigenvalue weighted by atomic mass is 35.5. The molecule has 3 heteroatoms. The number of aliphatic hydroxyl groups excluding tert-OH is 1. The van der Waals surface area contributed by atoms with E-state index in [4.69, 9.17) is 16.7 Å². The first kappa shape index (κ1) is 11.9. The Bertz CT molecular complexity index is 474. The van der Waals surface area contributed by atoms with Crippen LogP contribution in [0.4, 0.5) is 0 Å². The number of rotatable bonds is 2. The zero-order valence-corrected chi connectivity index (χ0v) is 10.0. The highest BCUT2D eigenvalue weighted by Crippen LogP contribution is 2.39. The summed E-state index contributed by atoms with van der Waals surface area (Å²) in [6, 6.07) is 9.96. The minimum atomic E-state index is 0.206. The molecule has 0 amide bonds. The molecule has 0 bridgehead atoms. The van der Waals surface area contributed by atoms with E-state index in [2.05, 4.69) is 0 Å². The van der Waals surface area contributed by atoms with Crippen LogP contribution >= 0.6 is 11.6 Å². The van der Waals surface area contributed by atoms with Gasteiger partial charge in [0.1, 0.15) is 6.29 Å². The lowest BCUT2D eigenvalue weighted by Crippen LogP contribution is -2.10. The topological polar surface area (TPSA) is 37.3 Å². The minimum absolute atomic E-state index is 0.206. The normalized spacial score (nSPS) is 22.9. The van der Waals surface area contributed by atoms with E-state index in [1.54, 1.807) is 0 Å². The molecule has 2 rings (SSSR count). The average Bonchev–Trinajstić information content (AvgIpc) is 2.40. The van der Waals surface area contributed by atoms with Crippen LogP contribution in [0.5, 0.6) is 0 Å². The molecule has 1 atom stereocenters. The second kappa shape index (κ2) is 5.19. The predicted molar refractivity (Wildman–Crippen MR) is 68.1 cm³/mol. The van der Waals surface area contributed by atoms with Gasteiger partial charge >= 0.3 is 0 Å². The lowest BCUT2D eigenvalue weighted by molar-refractivity contribution is -0.105. The van der Waals surface area contributed by atoms with Gasteiger partial charge in [-0.3, -0.25) is 4.79 Å². The van der Waals surface area contributed by atoms with Crippen LogP contribution in [0.1, 0.15) is 24.3 Å². The van der Waals surface area contributed by atoms with Crippen molar-refractivity contribution in [2.45, 2.75) is 18.8 Å². The van der Waals surface area contributed by atoms with Crippen molar-refractivity contribution in [2.24, 2.45) is 0 Å². The van der Waals surface area contributed by atoms with E-state index in [9.17, 15) is 4.79 Å². The van der Waals surface area contributed by atoms with Crippen molar-refractivity contribution in [2.75, 3.05) is 0 Å². The van der Waals surface area contributed by atoms with Crippen LogP contribution in [0.3, 0.4) is 0 Å². The van der Waals surface area contributed by atoms with Crippen molar-refractivity contribution < 1.29 is 9.90 Å². The average molecular weight is 249 g/mol. The Kier molecular flexibility index (Phi) is 3.64. The molecular weight excluding hydrogens is 236 g/mol. The zero-order valence-electron chi connectivity index (χ0n) is 9.27. The maximum atomic E-state index is 11.0. The number of aliphatic hydroxyl groups is 1. The summed E-state index contributed by atoms with van der Waals surface area (Å²) in [5.41, 5.74) is 2.36. The molecule has 0 saturated heterocycles. The molecule has 2 nitrogen and oxygen atoms in total. The van der Waals surface area contributed by atoms with E-state index in [0.29, 0.717) is 29.0 Å². The lowest BCUT2D eigenvalue weighted by atomic mass is 9.82. The van der Waals surface area contributed by atoms with Crippen molar-refractivity contribution in [1.29, 1.82) is 0 Å². The fourth-order valence-corrected chi connectivity index (χ4v) is 2.41. The number of aldehydes is 1. The fourth-order valence-electron chi connectivity index (χ4n) is 2.16. The molecule has 0 aliphatic heterocycles. The largest absolute Gasteiger partial charge is 0.515 e. The van der Waals surface area contributed by atoms with E-state index in [1.165, 1.54) is 0 Å². The van der Waals surface area contributed by atoms with Gasteiger partial charge in [-0.25, -0.2) is 0 Å². The second-order valence-electron chi connectivity index (χ2n) is 4.13. The van der Waals surface area contributed by atoms with E-state index in [-0.39, 0.29) is 5.92 Å². The molecule has 0 aromatic heterocycles. The van der Waals surface area contributed by atoms with Crippen LogP contribution in [-0.2, 0) is 4.79 Å². The Morgan fingerprint density at radius 3 is 2.53 bits per heavy atom. The first-order valence-corrected chi connectivity index (χ1v) is 5.86. The van der Waals surface area contributed by atoms with Gasteiger partial charge in [-0.05, 0) is 24.3 Å². The van der Waals surface area contributed by atoms with Gasteiger partial charge < -0.3 is 5.11 Å². The van der Waals surface area contributed by atoms with Crippen LogP contribution in [-0.4, -0.2) is 11.4 Å². The molecule has 1 aliphatic carbocycles. The smallest absolute Gasteiger partial charge is 0.147 e. The Hall–Kier alpha value is -1.54. The van der Waals surface area contributed by atoms with Gasteiger partial charge in [-0.1, -0.05) is 41.9 Å². The van der Waals surface area contributed by atoms with Gasteiger partial charge in [0.2, 0.25) is 0 Å². The molecule has 0 saturated carbocycles. The summed E-state index contributed by atoms with van der Waals surface area (Å²) in [5, 5.41) is 9.54. The molecule has 1 aliphatic rings. The van der Waals surface area contributed by atoms with E-state index >= 15 is 0 Å². The van der Waals surface area contributed by atoms with Crippen molar-refractivity contribution in [3.8, 4) is 0 Å². The molecule has 1 aromatic rings. The van der Waals surface area contributed by atoms with Gasteiger partial charge in [0, 0.05) is 11.1 Å². The first-order valence-electron chi connectivity index (χ1n) is 5.48. The highest BCUT2D eigenvalue weighted by Gasteiger charge is 2.24. The van der Waals surface area contributed by atoms with Crippen molar-refractivity contribution in [3.63, 3.8) is 0 Å². The second-order valence-corrected chi connectivity index (χ2v) is 4.51. The number of carbonyl (C=O) groups is 1. The van der Waals surface area contributed by atoms with E-state index < -0.39 is 0 Å². The summed E-state index contributed by atoms with van der Waals surface area (Å²) >= 11 is 6.02. The third-order valence-corrected chi connectivity index (χ3v) is 3.55. The Balaban J connectivity index is 2.34. The third-order valence-electron chi connectivity index (χ3n) is 3.07. The summed E-state index contributed by atoms with van der Waals surface area (Å²) in [6.45, 7) is 0. The van der Waals surface area contributed by atoms with Gasteiger partial charge in [0.15, 0.2) is 0 Å². The summed E-state index contributed by atoms with van der Waals surface area (Å²) in [5.74, 6) is 0.206. The molecule has 1 N–H and O–H groups in total. The van der Waals surface area contributed by atoms with Crippen LogP contribution in [0.15, 0.2) is 52.8 Å². The maximum Gasteiger partial charge on any atom is 0.147 e. The summed E-state index contributed by atoms with van der Waals surface area (Å²) in [4.78, 5) is 11.0. The predicted octanol–water partition coefficient (Wildman–Crippen LogP) is 3.70. The van der Waals surface area contributed by atoms with Gasteiger partial charge in [-0.2, -0.15) is 0 Å². The molecule has 1 unspecified atom stereocenters. The van der Waals surface area contributed by atoms with E-state index in [0.717, 1.165) is 18.1 Å². The van der Waals surface area contributed by atoms with Crippen molar-refractivity contribution in [3.05, 3.63) is 58.3 Å². The molecule has 0 spiro atoms. The number of halogens is 1. The number of allylic oxidation sites excluding steroid dienone is 3. The molecule has 0 radical (unpaired) electrons. The lowest BCUT2D eigenvalue weighted by Gasteiger charge is -2.24. The van der Waals surface area contributed by atoms with Crippen LogP contribution in [0, 0.1) is 0 Å². The number of hydrogen-bond acceptors (Lipinski definition) is 2. The van der Waals surface area contributed by atoms with Gasteiger partial charge in [-0.15, -0.1) is 0 Å². The molecule has 1 aromatic carbocycles. The van der Waals surface area contributed by atoms with Gasteiger partial charge in [0.25, 0.3) is 0 Å². The Labute approximate surface area is 105 Å². The zero-order chi connectivity index (χ0) is 12.3.